The number of piperazine rings is 1. The van der Waals surface area contributed by atoms with Crippen LogP contribution in [0, 0.1) is 0 Å². The SMILES string of the molecule is CCOc1ncc(S(=O)(=O)N2CCN(CC)CC2)cc1C(=O)Nc1c(C(N)=O)nn([C@@H](C)COC)c1CC. The molecule has 3 rings (SSSR count). The Morgan fingerprint density at radius 2 is 1.87 bits per heavy atom. The van der Waals surface area contributed by atoms with E-state index in [4.69, 9.17) is 15.2 Å². The van der Waals surface area contributed by atoms with Crippen LogP contribution in [-0.4, -0.2) is 97.2 Å². The standard InChI is InChI=1S/C24H37N7O6S/c1-6-19-20(21(22(25)32)28-31(19)16(4)15-36-5)27-23(33)18-13-17(14-26-24(18)37-8-3)38(34,35)30-11-9-29(7-2)10-12-30/h13-14,16H,6-12,15H2,1-5H3,(H2,25,32)(H,27,33)/t16-/m0/s1. The number of nitrogens with two attached hydrogens (primary N) is 1. The fraction of sp³-hybridized carbons (Fsp3) is 0.583. The van der Waals surface area contributed by atoms with Crippen molar-refractivity contribution in [1.29, 1.82) is 0 Å². The number of carbonyl (C=O) groups excluding carboxylic acids is 2. The van der Waals surface area contributed by atoms with Crippen LogP contribution in [0.25, 0.3) is 0 Å². The molecule has 1 aliphatic rings. The molecule has 3 heterocycles. The molecule has 2 aromatic rings. The molecular formula is C24H37N7O6S. The topological polar surface area (TPSA) is 162 Å². The molecule has 0 saturated carbocycles. The molecule has 38 heavy (non-hydrogen) atoms. The summed E-state index contributed by atoms with van der Waals surface area (Å²) in [5.74, 6) is -1.55. The van der Waals surface area contributed by atoms with Crippen LogP contribution >= 0.6 is 0 Å². The first-order valence-electron chi connectivity index (χ1n) is 12.7. The number of primary amides is 1. The lowest BCUT2D eigenvalue weighted by Crippen LogP contribution is -2.48. The number of hydrogen-bond acceptors (Lipinski definition) is 9. The molecule has 1 fully saturated rings. The second kappa shape index (κ2) is 12.7. The molecule has 0 unspecified atom stereocenters. The van der Waals surface area contributed by atoms with Crippen LogP contribution in [0.2, 0.25) is 0 Å². The zero-order chi connectivity index (χ0) is 28.0. The van der Waals surface area contributed by atoms with Gasteiger partial charge in [-0.2, -0.15) is 9.40 Å². The zero-order valence-electron chi connectivity index (χ0n) is 22.6. The minimum absolute atomic E-state index is 0.0291. The summed E-state index contributed by atoms with van der Waals surface area (Å²) in [6.07, 6.45) is 1.62. The van der Waals surface area contributed by atoms with Crippen LogP contribution in [0.3, 0.4) is 0 Å². The molecule has 0 radical (unpaired) electrons. The number of methoxy groups -OCH3 is 1. The number of aromatic nitrogens is 3. The number of hydrogen-bond donors (Lipinski definition) is 2. The molecule has 1 saturated heterocycles. The Bertz CT molecular complexity index is 1260. The largest absolute Gasteiger partial charge is 0.477 e. The van der Waals surface area contributed by atoms with Crippen molar-refractivity contribution >= 4 is 27.5 Å². The van der Waals surface area contributed by atoms with Crippen LogP contribution < -0.4 is 15.8 Å². The van der Waals surface area contributed by atoms with Crippen molar-refractivity contribution in [3.05, 3.63) is 29.2 Å². The van der Waals surface area contributed by atoms with E-state index >= 15 is 0 Å². The maximum absolute atomic E-state index is 13.5. The van der Waals surface area contributed by atoms with Crippen LogP contribution in [0.15, 0.2) is 17.2 Å². The highest BCUT2D eigenvalue weighted by Gasteiger charge is 2.31. The predicted octanol–water partition coefficient (Wildman–Crippen LogP) is 1.12. The number of pyridine rings is 1. The molecule has 0 spiro atoms. The van der Waals surface area contributed by atoms with Gasteiger partial charge < -0.3 is 25.4 Å². The summed E-state index contributed by atoms with van der Waals surface area (Å²) in [7, 11) is -2.35. The molecule has 3 N–H and O–H groups in total. The summed E-state index contributed by atoms with van der Waals surface area (Å²) in [5.41, 5.74) is 6.10. The van der Waals surface area contributed by atoms with Gasteiger partial charge in [-0.1, -0.05) is 13.8 Å². The van der Waals surface area contributed by atoms with E-state index in [1.165, 1.54) is 16.6 Å². The number of likely N-dealkylation sites (N-methyl/N-ethyl adjacent to an activating group) is 1. The van der Waals surface area contributed by atoms with Gasteiger partial charge in [-0.3, -0.25) is 14.3 Å². The lowest BCUT2D eigenvalue weighted by molar-refractivity contribution is 0.0993. The lowest BCUT2D eigenvalue weighted by atomic mass is 10.2. The first-order valence-corrected chi connectivity index (χ1v) is 14.1. The van der Waals surface area contributed by atoms with Crippen molar-refractivity contribution in [3.63, 3.8) is 0 Å². The fourth-order valence-electron chi connectivity index (χ4n) is 4.39. The Hall–Kier alpha value is -3.07. The zero-order valence-corrected chi connectivity index (χ0v) is 23.4. The number of rotatable bonds is 12. The highest BCUT2D eigenvalue weighted by atomic mass is 32.2. The Kier molecular flexibility index (Phi) is 9.82. The maximum Gasteiger partial charge on any atom is 0.271 e. The second-order valence-corrected chi connectivity index (χ2v) is 10.8. The van der Waals surface area contributed by atoms with E-state index in [2.05, 4.69) is 20.3 Å². The molecular weight excluding hydrogens is 514 g/mol. The van der Waals surface area contributed by atoms with Gasteiger partial charge in [0.15, 0.2) is 5.69 Å². The number of sulfonamides is 1. The average molecular weight is 552 g/mol. The number of ether oxygens (including phenoxy) is 2. The van der Waals surface area contributed by atoms with Crippen molar-refractivity contribution in [2.75, 3.05) is 58.4 Å². The first-order chi connectivity index (χ1) is 18.1. The van der Waals surface area contributed by atoms with Gasteiger partial charge in [0.05, 0.1) is 36.8 Å². The minimum atomic E-state index is -3.90. The third kappa shape index (κ3) is 6.14. The van der Waals surface area contributed by atoms with Crippen LogP contribution in [-0.2, 0) is 21.2 Å². The molecule has 2 amide bonds. The van der Waals surface area contributed by atoms with Gasteiger partial charge in [0.1, 0.15) is 10.5 Å². The molecule has 14 heteroatoms. The van der Waals surface area contributed by atoms with Crippen molar-refractivity contribution < 1.29 is 27.5 Å². The summed E-state index contributed by atoms with van der Waals surface area (Å²) >= 11 is 0. The van der Waals surface area contributed by atoms with Gasteiger partial charge in [0.25, 0.3) is 11.8 Å². The fourth-order valence-corrected chi connectivity index (χ4v) is 5.79. The van der Waals surface area contributed by atoms with Gasteiger partial charge >= 0.3 is 0 Å². The van der Waals surface area contributed by atoms with Crippen LogP contribution in [0.5, 0.6) is 5.88 Å². The van der Waals surface area contributed by atoms with Crippen LogP contribution in [0.1, 0.15) is 60.3 Å². The number of nitrogens with one attached hydrogen (secondary N) is 1. The van der Waals surface area contributed by atoms with E-state index in [1.54, 1.807) is 18.7 Å². The summed E-state index contributed by atoms with van der Waals surface area (Å²) < 4.78 is 40.5. The Labute approximate surface area is 223 Å². The molecule has 0 aliphatic carbocycles. The van der Waals surface area contributed by atoms with E-state index in [0.717, 1.165) is 6.54 Å². The number of anilines is 1. The highest BCUT2D eigenvalue weighted by molar-refractivity contribution is 7.89. The minimum Gasteiger partial charge on any atom is -0.477 e. The lowest BCUT2D eigenvalue weighted by Gasteiger charge is -2.33. The van der Waals surface area contributed by atoms with Gasteiger partial charge in [-0.25, -0.2) is 13.4 Å². The molecule has 2 aromatic heterocycles. The van der Waals surface area contributed by atoms with Crippen molar-refractivity contribution in [2.24, 2.45) is 5.73 Å². The average Bonchev–Trinajstić information content (AvgIpc) is 3.27. The van der Waals surface area contributed by atoms with E-state index in [-0.39, 0.29) is 40.4 Å². The van der Waals surface area contributed by atoms with Crippen molar-refractivity contribution in [3.8, 4) is 5.88 Å². The maximum atomic E-state index is 13.5. The van der Waals surface area contributed by atoms with Gasteiger partial charge in [0, 0.05) is 33.3 Å². The molecule has 13 nitrogen and oxygen atoms in total. The summed E-state index contributed by atoms with van der Waals surface area (Å²) in [6.45, 7) is 10.8. The van der Waals surface area contributed by atoms with Gasteiger partial charge in [0.2, 0.25) is 15.9 Å². The highest BCUT2D eigenvalue weighted by Crippen LogP contribution is 2.28. The molecule has 0 bridgehead atoms. The van der Waals surface area contributed by atoms with Gasteiger partial charge in [-0.15, -0.1) is 0 Å². The third-order valence-electron chi connectivity index (χ3n) is 6.41. The number of amides is 2. The smallest absolute Gasteiger partial charge is 0.271 e. The molecule has 210 valence electrons. The third-order valence-corrected chi connectivity index (χ3v) is 8.27. The molecule has 1 atom stereocenters. The molecule has 1 aliphatic heterocycles. The summed E-state index contributed by atoms with van der Waals surface area (Å²) in [5, 5.41) is 7.05. The van der Waals surface area contributed by atoms with Crippen molar-refractivity contribution in [2.45, 2.75) is 45.1 Å². The number of nitrogens with zero attached hydrogens (tertiary/aromatic N) is 5. The van der Waals surface area contributed by atoms with Crippen molar-refractivity contribution in [1.82, 2.24) is 24.0 Å². The summed E-state index contributed by atoms with van der Waals surface area (Å²) in [6, 6.07) is 1.02. The van der Waals surface area contributed by atoms with E-state index in [9.17, 15) is 18.0 Å². The Balaban J connectivity index is 2.01. The van der Waals surface area contributed by atoms with E-state index in [0.29, 0.717) is 44.9 Å². The second-order valence-electron chi connectivity index (χ2n) is 8.89. The monoisotopic (exact) mass is 551 g/mol. The van der Waals surface area contributed by atoms with Gasteiger partial charge in [-0.05, 0) is 32.9 Å². The number of carbonyl (C=O) groups is 2. The molecule has 0 aromatic carbocycles. The normalized spacial score (nSPS) is 15.8. The Morgan fingerprint density at radius 1 is 1.18 bits per heavy atom. The van der Waals surface area contributed by atoms with Crippen LogP contribution in [0.4, 0.5) is 5.69 Å². The first kappa shape index (κ1) is 29.5. The summed E-state index contributed by atoms with van der Waals surface area (Å²) in [4.78, 5) is 31.9. The van der Waals surface area contributed by atoms with E-state index < -0.39 is 21.8 Å². The van der Waals surface area contributed by atoms with E-state index in [1.807, 2.05) is 20.8 Å². The Morgan fingerprint density at radius 3 is 2.42 bits per heavy atom. The predicted molar refractivity (Wildman–Crippen MR) is 141 cm³/mol. The quantitative estimate of drug-likeness (QED) is 0.394.